The number of nitrogens with two attached hydrogens (primary N) is 1. The van der Waals surface area contributed by atoms with Crippen molar-refractivity contribution in [2.75, 3.05) is 20.1 Å². The number of likely N-dealkylation sites (N-methyl/N-ethyl adjacent to an activating group) is 1. The second kappa shape index (κ2) is 5.98. The van der Waals surface area contributed by atoms with Gasteiger partial charge in [0.2, 0.25) is 0 Å². The van der Waals surface area contributed by atoms with Gasteiger partial charge in [-0.3, -0.25) is 0 Å². The fourth-order valence-electron chi connectivity index (χ4n) is 3.88. The summed E-state index contributed by atoms with van der Waals surface area (Å²) in [4.78, 5) is 2.08. The molecule has 0 radical (unpaired) electrons. The number of phenols is 1. The van der Waals surface area contributed by atoms with Crippen molar-refractivity contribution in [3.63, 3.8) is 0 Å². The van der Waals surface area contributed by atoms with E-state index in [-0.39, 0.29) is 22.9 Å². The maximum absolute atomic E-state index is 9.89. The summed E-state index contributed by atoms with van der Waals surface area (Å²) in [6, 6.07) is 12.8. The van der Waals surface area contributed by atoms with Crippen LogP contribution in [0.15, 0.2) is 47.2 Å². The van der Waals surface area contributed by atoms with Gasteiger partial charge >= 0.3 is 0 Å². The van der Waals surface area contributed by atoms with Crippen molar-refractivity contribution in [2.24, 2.45) is 17.1 Å². The zero-order chi connectivity index (χ0) is 18.2. The normalized spacial score (nSPS) is 25.1. The van der Waals surface area contributed by atoms with Gasteiger partial charge in [-0.05, 0) is 30.3 Å². The number of hydrogen-bond acceptors (Lipinski definition) is 6. The molecule has 1 aliphatic heterocycles. The number of nitrogens with zero attached hydrogens (tertiary/aromatic N) is 4. The summed E-state index contributed by atoms with van der Waals surface area (Å²) < 4.78 is 0. The van der Waals surface area contributed by atoms with Gasteiger partial charge in [-0.25, -0.2) is 0 Å². The number of rotatable bonds is 1. The van der Waals surface area contributed by atoms with Crippen LogP contribution in [0.5, 0.6) is 5.75 Å². The van der Waals surface area contributed by atoms with E-state index in [1.807, 2.05) is 13.1 Å². The first-order valence-corrected chi connectivity index (χ1v) is 7.89. The molecule has 2 atom stereocenters. The molecule has 1 heterocycles. The lowest BCUT2D eigenvalue weighted by Crippen LogP contribution is -2.47. The third-order valence-electron chi connectivity index (χ3n) is 5.10. The molecule has 0 fully saturated rings. The van der Waals surface area contributed by atoms with Crippen molar-refractivity contribution in [3.8, 4) is 24.0 Å². The molecule has 25 heavy (non-hydrogen) atoms. The minimum absolute atomic E-state index is 0.0186. The average Bonchev–Trinajstić information content (AvgIpc) is 2.62. The molecule has 0 saturated carbocycles. The summed E-state index contributed by atoms with van der Waals surface area (Å²) in [5, 5.41) is 38.9. The van der Waals surface area contributed by atoms with Crippen molar-refractivity contribution in [1.29, 1.82) is 15.8 Å². The third kappa shape index (κ3) is 2.34. The van der Waals surface area contributed by atoms with E-state index < -0.39 is 11.3 Å². The highest BCUT2D eigenvalue weighted by atomic mass is 16.3. The van der Waals surface area contributed by atoms with Gasteiger partial charge in [0.25, 0.3) is 0 Å². The molecular weight excluding hydrogens is 314 g/mol. The Hall–Kier alpha value is -3.27. The lowest BCUT2D eigenvalue weighted by atomic mass is 9.58. The molecular formula is C19H17N5O. The van der Waals surface area contributed by atoms with E-state index in [2.05, 4.69) is 23.1 Å². The first-order valence-electron chi connectivity index (χ1n) is 7.89. The maximum atomic E-state index is 9.89. The van der Waals surface area contributed by atoms with E-state index >= 15 is 0 Å². The quantitative estimate of drug-likeness (QED) is 0.808. The van der Waals surface area contributed by atoms with Gasteiger partial charge in [-0.15, -0.1) is 0 Å². The minimum Gasteiger partial charge on any atom is -0.508 e. The van der Waals surface area contributed by atoms with Crippen LogP contribution in [0.1, 0.15) is 11.5 Å². The zero-order valence-electron chi connectivity index (χ0n) is 13.8. The Labute approximate surface area is 146 Å². The van der Waals surface area contributed by atoms with E-state index in [1.165, 1.54) is 12.1 Å². The Morgan fingerprint density at radius 3 is 2.40 bits per heavy atom. The minimum atomic E-state index is -1.62. The van der Waals surface area contributed by atoms with Gasteiger partial charge in [0.15, 0.2) is 5.41 Å². The Kier molecular flexibility index (Phi) is 3.97. The summed E-state index contributed by atoms with van der Waals surface area (Å²) in [5.74, 6) is -0.615. The molecule has 6 nitrogen and oxygen atoms in total. The molecule has 0 unspecified atom stereocenters. The Morgan fingerprint density at radius 2 is 1.84 bits per heavy atom. The number of nitriles is 3. The topological polar surface area (TPSA) is 121 Å². The molecule has 0 spiro atoms. The van der Waals surface area contributed by atoms with Gasteiger partial charge in [-0.2, -0.15) is 15.8 Å². The fraction of sp³-hybridized carbons (Fsp3) is 0.316. The number of fused-ring (bicyclic) bond motifs is 1. The van der Waals surface area contributed by atoms with E-state index in [0.29, 0.717) is 13.1 Å². The molecule has 0 saturated heterocycles. The Balaban J connectivity index is 2.32. The molecule has 0 aromatic heterocycles. The molecule has 2 aliphatic rings. The largest absolute Gasteiger partial charge is 0.508 e. The fourth-order valence-corrected chi connectivity index (χ4v) is 3.88. The number of hydrogen-bond donors (Lipinski definition) is 2. The molecule has 3 rings (SSSR count). The Bertz CT molecular complexity index is 878. The average molecular weight is 331 g/mol. The highest BCUT2D eigenvalue weighted by Gasteiger charge is 2.54. The van der Waals surface area contributed by atoms with Crippen LogP contribution in [0.4, 0.5) is 0 Å². The lowest BCUT2D eigenvalue weighted by Gasteiger charge is -2.45. The zero-order valence-corrected chi connectivity index (χ0v) is 13.8. The molecule has 1 aromatic carbocycles. The van der Waals surface area contributed by atoms with Crippen molar-refractivity contribution in [1.82, 2.24) is 4.90 Å². The molecule has 6 heteroatoms. The van der Waals surface area contributed by atoms with Gasteiger partial charge in [0, 0.05) is 24.9 Å². The molecule has 3 N–H and O–H groups in total. The molecule has 124 valence electrons. The summed E-state index contributed by atoms with van der Waals surface area (Å²) in [5.41, 5.74) is 6.39. The number of allylic oxidation sites excluding steroid dienone is 2. The highest BCUT2D eigenvalue weighted by molar-refractivity contribution is 5.59. The number of aromatic hydroxyl groups is 1. The van der Waals surface area contributed by atoms with Crippen LogP contribution in [0.2, 0.25) is 0 Å². The molecule has 0 amide bonds. The van der Waals surface area contributed by atoms with Crippen LogP contribution in [-0.2, 0) is 0 Å². The lowest BCUT2D eigenvalue weighted by molar-refractivity contribution is 0.237. The van der Waals surface area contributed by atoms with Crippen molar-refractivity contribution in [3.05, 3.63) is 52.7 Å². The Morgan fingerprint density at radius 1 is 1.20 bits per heavy atom. The van der Waals surface area contributed by atoms with E-state index in [9.17, 15) is 20.9 Å². The standard InChI is InChI=1S/C19H17N5O/c1-24-7-6-14-15(8-20)18(23)19(10-21,11-22)17(16(14)9-24)12-2-4-13(25)5-3-12/h2-6,16-17,25H,7,9,23H2,1H3/t16-,17-/m1/s1. The van der Waals surface area contributed by atoms with Crippen molar-refractivity contribution >= 4 is 0 Å². The van der Waals surface area contributed by atoms with Crippen LogP contribution in [0, 0.1) is 45.3 Å². The number of benzene rings is 1. The summed E-state index contributed by atoms with van der Waals surface area (Å²) in [7, 11) is 1.95. The van der Waals surface area contributed by atoms with Gasteiger partial charge < -0.3 is 15.7 Å². The van der Waals surface area contributed by atoms with E-state index in [1.54, 1.807) is 12.1 Å². The van der Waals surface area contributed by atoms with E-state index in [4.69, 9.17) is 5.73 Å². The van der Waals surface area contributed by atoms with Crippen molar-refractivity contribution < 1.29 is 5.11 Å². The molecule has 1 aliphatic carbocycles. The van der Waals surface area contributed by atoms with Gasteiger partial charge in [0.1, 0.15) is 11.8 Å². The first kappa shape index (κ1) is 16.6. The number of phenolic OH excluding ortho intramolecular Hbond substituents is 1. The first-order chi connectivity index (χ1) is 12.0. The second-order valence-electron chi connectivity index (χ2n) is 6.49. The predicted molar refractivity (Wildman–Crippen MR) is 90.4 cm³/mol. The summed E-state index contributed by atoms with van der Waals surface area (Å²) in [6.45, 7) is 1.29. The van der Waals surface area contributed by atoms with Crippen LogP contribution >= 0.6 is 0 Å². The predicted octanol–water partition coefficient (Wildman–Crippen LogP) is 1.75. The van der Waals surface area contributed by atoms with Crippen LogP contribution in [0.25, 0.3) is 0 Å². The monoisotopic (exact) mass is 331 g/mol. The van der Waals surface area contributed by atoms with Gasteiger partial charge in [0.05, 0.1) is 23.4 Å². The molecule has 0 bridgehead atoms. The SMILES string of the molecule is CN1CC=C2C(C#N)=C(N)C(C#N)(C#N)[C@H](c3ccc(O)cc3)[C@@H]2C1. The summed E-state index contributed by atoms with van der Waals surface area (Å²) >= 11 is 0. The van der Waals surface area contributed by atoms with Crippen LogP contribution < -0.4 is 5.73 Å². The van der Waals surface area contributed by atoms with Crippen LogP contribution in [0.3, 0.4) is 0 Å². The van der Waals surface area contributed by atoms with Gasteiger partial charge in [-0.1, -0.05) is 18.2 Å². The smallest absolute Gasteiger partial charge is 0.191 e. The maximum Gasteiger partial charge on any atom is 0.191 e. The highest BCUT2D eigenvalue weighted by Crippen LogP contribution is 2.54. The van der Waals surface area contributed by atoms with E-state index in [0.717, 1.165) is 11.1 Å². The second-order valence-corrected chi connectivity index (χ2v) is 6.49. The van der Waals surface area contributed by atoms with Crippen LogP contribution in [-0.4, -0.2) is 30.1 Å². The van der Waals surface area contributed by atoms with Crippen molar-refractivity contribution in [2.45, 2.75) is 5.92 Å². The molecule has 1 aromatic rings. The summed E-state index contributed by atoms with van der Waals surface area (Å²) in [6.07, 6.45) is 1.95. The third-order valence-corrected chi connectivity index (χ3v) is 5.10.